The number of hydrogen-bond donors (Lipinski definition) is 1. The third kappa shape index (κ3) is 3.40. The number of hydrogen-bond acceptors (Lipinski definition) is 4. The van der Waals surface area contributed by atoms with Crippen LogP contribution in [0.2, 0.25) is 0 Å². The molecule has 23 heavy (non-hydrogen) atoms. The SMILES string of the molecule is C#CCCC1(CCNC(=O)c2cccc(C3(F)COC3)c2)N=N1. The first-order valence-corrected chi connectivity index (χ1v) is 7.60. The van der Waals surface area contributed by atoms with E-state index in [9.17, 15) is 9.18 Å². The number of alkyl halides is 1. The first-order chi connectivity index (χ1) is 11.1. The lowest BCUT2D eigenvalue weighted by Gasteiger charge is -2.34. The number of nitrogens with zero attached hydrogens (tertiary/aromatic N) is 2. The Balaban J connectivity index is 1.53. The molecule has 0 spiro atoms. The van der Waals surface area contributed by atoms with Gasteiger partial charge in [0.25, 0.3) is 5.91 Å². The maximum absolute atomic E-state index is 14.3. The monoisotopic (exact) mass is 315 g/mol. The lowest BCUT2D eigenvalue weighted by molar-refractivity contribution is -0.135. The molecule has 1 fully saturated rings. The first kappa shape index (κ1) is 15.6. The van der Waals surface area contributed by atoms with Gasteiger partial charge < -0.3 is 10.1 Å². The van der Waals surface area contributed by atoms with Gasteiger partial charge in [0.15, 0.2) is 11.3 Å². The number of amides is 1. The van der Waals surface area contributed by atoms with Crippen LogP contribution in [0, 0.1) is 12.3 Å². The van der Waals surface area contributed by atoms with Gasteiger partial charge in [0.1, 0.15) is 0 Å². The van der Waals surface area contributed by atoms with Gasteiger partial charge in [0.2, 0.25) is 0 Å². The van der Waals surface area contributed by atoms with Crippen LogP contribution >= 0.6 is 0 Å². The summed E-state index contributed by atoms with van der Waals surface area (Å²) in [5, 5.41) is 10.9. The highest BCUT2D eigenvalue weighted by Gasteiger charge is 2.41. The van der Waals surface area contributed by atoms with E-state index in [2.05, 4.69) is 21.5 Å². The van der Waals surface area contributed by atoms with Crippen molar-refractivity contribution in [1.82, 2.24) is 5.32 Å². The second-order valence-corrected chi connectivity index (χ2v) is 5.93. The van der Waals surface area contributed by atoms with E-state index in [0.29, 0.717) is 36.9 Å². The zero-order valence-corrected chi connectivity index (χ0v) is 12.7. The Kier molecular flexibility index (Phi) is 4.14. The Bertz CT molecular complexity index is 671. The normalized spacial score (nSPS) is 19.5. The molecule has 2 aliphatic rings. The summed E-state index contributed by atoms with van der Waals surface area (Å²) in [4.78, 5) is 12.2. The number of carbonyl (C=O) groups excluding carboxylic acids is 1. The van der Waals surface area contributed by atoms with Crippen molar-refractivity contribution in [2.45, 2.75) is 30.6 Å². The number of halogens is 1. The second-order valence-electron chi connectivity index (χ2n) is 5.93. The molecule has 5 nitrogen and oxygen atoms in total. The Morgan fingerprint density at radius 2 is 2.17 bits per heavy atom. The van der Waals surface area contributed by atoms with Gasteiger partial charge in [-0.3, -0.25) is 4.79 Å². The van der Waals surface area contributed by atoms with Gasteiger partial charge in [-0.05, 0) is 17.7 Å². The highest BCUT2D eigenvalue weighted by Crippen LogP contribution is 2.36. The lowest BCUT2D eigenvalue weighted by Crippen LogP contribution is -2.42. The van der Waals surface area contributed by atoms with E-state index in [-0.39, 0.29) is 19.1 Å². The summed E-state index contributed by atoms with van der Waals surface area (Å²) in [6.45, 7) is 0.530. The summed E-state index contributed by atoms with van der Waals surface area (Å²) in [6.07, 6.45) is 7.19. The number of nitrogens with one attached hydrogen (secondary N) is 1. The molecule has 2 heterocycles. The maximum Gasteiger partial charge on any atom is 0.251 e. The highest BCUT2D eigenvalue weighted by molar-refractivity contribution is 5.94. The van der Waals surface area contributed by atoms with Gasteiger partial charge >= 0.3 is 0 Å². The highest BCUT2D eigenvalue weighted by atomic mass is 19.1. The molecule has 1 amide bonds. The fraction of sp³-hybridized carbons (Fsp3) is 0.471. The smallest absolute Gasteiger partial charge is 0.251 e. The van der Waals surface area contributed by atoms with Gasteiger partial charge in [-0.25, -0.2) is 4.39 Å². The van der Waals surface area contributed by atoms with E-state index in [0.717, 1.165) is 0 Å². The topological polar surface area (TPSA) is 63.0 Å². The summed E-state index contributed by atoms with van der Waals surface area (Å²) in [5.41, 5.74) is -0.961. The Labute approximate surface area is 134 Å². The quantitative estimate of drug-likeness (QED) is 0.786. The summed E-state index contributed by atoms with van der Waals surface area (Å²) in [7, 11) is 0. The van der Waals surface area contributed by atoms with Gasteiger partial charge in [-0.15, -0.1) is 12.3 Å². The number of rotatable bonds is 7. The number of ether oxygens (including phenoxy) is 1. The molecule has 0 saturated carbocycles. The van der Waals surface area contributed by atoms with Crippen molar-refractivity contribution < 1.29 is 13.9 Å². The van der Waals surface area contributed by atoms with E-state index in [1.54, 1.807) is 24.3 Å². The second kappa shape index (κ2) is 6.09. The number of carbonyl (C=O) groups is 1. The molecule has 0 bridgehead atoms. The minimum Gasteiger partial charge on any atom is -0.374 e. The van der Waals surface area contributed by atoms with E-state index < -0.39 is 11.3 Å². The fourth-order valence-corrected chi connectivity index (χ4v) is 2.53. The molecule has 1 saturated heterocycles. The number of terminal acetylenes is 1. The van der Waals surface area contributed by atoms with Crippen LogP contribution in [0.5, 0.6) is 0 Å². The van der Waals surface area contributed by atoms with Crippen molar-refractivity contribution in [2.24, 2.45) is 10.2 Å². The van der Waals surface area contributed by atoms with Crippen molar-refractivity contribution >= 4 is 5.91 Å². The van der Waals surface area contributed by atoms with Crippen LogP contribution in [-0.4, -0.2) is 31.3 Å². The van der Waals surface area contributed by atoms with Crippen LogP contribution in [0.25, 0.3) is 0 Å². The molecule has 0 radical (unpaired) electrons. The zero-order chi connectivity index (χ0) is 16.3. The van der Waals surface area contributed by atoms with Crippen molar-refractivity contribution in [3.8, 4) is 12.3 Å². The molecule has 0 aliphatic carbocycles. The molecular formula is C17H18FN3O2. The van der Waals surface area contributed by atoms with Crippen LogP contribution in [0.3, 0.4) is 0 Å². The zero-order valence-electron chi connectivity index (χ0n) is 12.7. The first-order valence-electron chi connectivity index (χ1n) is 7.60. The average Bonchev–Trinajstić information content (AvgIpc) is 3.31. The number of benzene rings is 1. The summed E-state index contributed by atoms with van der Waals surface area (Å²) < 4.78 is 19.2. The summed E-state index contributed by atoms with van der Waals surface area (Å²) >= 11 is 0. The molecule has 0 aromatic heterocycles. The molecule has 0 unspecified atom stereocenters. The third-order valence-corrected chi connectivity index (χ3v) is 4.17. The van der Waals surface area contributed by atoms with Crippen LogP contribution in [-0.2, 0) is 10.4 Å². The standard InChI is InChI=1S/C17H18FN3O2/c1-2-3-7-17(20-21-17)8-9-19-15(22)13-5-4-6-14(10-13)16(18)11-23-12-16/h1,4-6,10H,3,7-9,11-12H2,(H,19,22). The predicted molar refractivity (Wildman–Crippen MR) is 82.7 cm³/mol. The van der Waals surface area contributed by atoms with Crippen LogP contribution in [0.1, 0.15) is 35.2 Å². The van der Waals surface area contributed by atoms with Crippen molar-refractivity contribution in [1.29, 1.82) is 0 Å². The third-order valence-electron chi connectivity index (χ3n) is 4.17. The Hall–Kier alpha value is -2.26. The molecule has 3 rings (SSSR count). The Morgan fingerprint density at radius 1 is 1.39 bits per heavy atom. The van der Waals surface area contributed by atoms with Gasteiger partial charge in [0, 0.05) is 31.4 Å². The molecule has 120 valence electrons. The molecule has 6 heteroatoms. The molecule has 1 N–H and O–H groups in total. The van der Waals surface area contributed by atoms with Crippen molar-refractivity contribution in [2.75, 3.05) is 19.8 Å². The van der Waals surface area contributed by atoms with Crippen molar-refractivity contribution in [3.05, 3.63) is 35.4 Å². The molecular weight excluding hydrogens is 297 g/mol. The van der Waals surface area contributed by atoms with Gasteiger partial charge in [-0.1, -0.05) is 12.1 Å². The van der Waals surface area contributed by atoms with E-state index >= 15 is 0 Å². The van der Waals surface area contributed by atoms with Crippen LogP contribution in [0.4, 0.5) is 4.39 Å². The summed E-state index contributed by atoms with van der Waals surface area (Å²) in [6, 6.07) is 6.61. The summed E-state index contributed by atoms with van der Waals surface area (Å²) in [5.74, 6) is 2.33. The van der Waals surface area contributed by atoms with Gasteiger partial charge in [0.05, 0.1) is 13.2 Å². The van der Waals surface area contributed by atoms with Crippen molar-refractivity contribution in [3.63, 3.8) is 0 Å². The molecule has 2 aliphatic heterocycles. The maximum atomic E-state index is 14.3. The fourth-order valence-electron chi connectivity index (χ4n) is 2.53. The molecule has 1 aromatic rings. The Morgan fingerprint density at radius 3 is 2.78 bits per heavy atom. The molecule has 1 aromatic carbocycles. The van der Waals surface area contributed by atoms with Gasteiger partial charge in [-0.2, -0.15) is 10.2 Å². The minimum absolute atomic E-state index is 0.0405. The largest absolute Gasteiger partial charge is 0.374 e. The van der Waals surface area contributed by atoms with E-state index in [4.69, 9.17) is 11.2 Å². The average molecular weight is 315 g/mol. The van der Waals surface area contributed by atoms with E-state index in [1.807, 2.05) is 0 Å². The lowest BCUT2D eigenvalue weighted by atomic mass is 9.92. The molecule has 0 atom stereocenters. The van der Waals surface area contributed by atoms with Crippen LogP contribution < -0.4 is 5.32 Å². The minimum atomic E-state index is -1.47. The van der Waals surface area contributed by atoms with Crippen LogP contribution in [0.15, 0.2) is 34.5 Å². The predicted octanol–water partition coefficient (Wildman–Crippen LogP) is 2.58. The van der Waals surface area contributed by atoms with E-state index in [1.165, 1.54) is 0 Å².